The number of benzene rings is 1. The zero-order valence-electron chi connectivity index (χ0n) is 11.6. The lowest BCUT2D eigenvalue weighted by Gasteiger charge is -2.28. The summed E-state index contributed by atoms with van der Waals surface area (Å²) in [6.45, 7) is 0.984. The third-order valence-electron chi connectivity index (χ3n) is 4.01. The maximum absolute atomic E-state index is 9.60. The second-order valence-corrected chi connectivity index (χ2v) is 5.25. The number of hydrogen-bond acceptors (Lipinski definition) is 5. The van der Waals surface area contributed by atoms with Crippen LogP contribution in [0.3, 0.4) is 0 Å². The van der Waals surface area contributed by atoms with Crippen LogP contribution in [-0.2, 0) is 13.6 Å². The molecule has 0 spiro atoms. The molecule has 2 heterocycles. The first-order chi connectivity index (χ1) is 9.79. The standard InChI is InChI=1S/C14H19N5O/c1-18-14(15-16-17-18)13-8-7-12(10-20)19(13)9-11-5-3-2-4-6-11/h2-6,12-13,20H,7-10H2,1H3/t12-,13-/m0/s1. The van der Waals surface area contributed by atoms with Gasteiger partial charge in [0.1, 0.15) is 0 Å². The van der Waals surface area contributed by atoms with Crippen LogP contribution in [0.1, 0.15) is 30.3 Å². The molecule has 1 N–H and O–H groups in total. The van der Waals surface area contributed by atoms with Gasteiger partial charge in [0.05, 0.1) is 12.6 Å². The molecule has 1 aromatic heterocycles. The normalized spacial score (nSPS) is 23.3. The van der Waals surface area contributed by atoms with E-state index in [0.717, 1.165) is 25.2 Å². The molecule has 3 rings (SSSR count). The van der Waals surface area contributed by atoms with Crippen molar-refractivity contribution >= 4 is 0 Å². The Balaban J connectivity index is 1.85. The Morgan fingerprint density at radius 1 is 1.25 bits per heavy atom. The van der Waals surface area contributed by atoms with Crippen molar-refractivity contribution < 1.29 is 5.11 Å². The molecule has 0 unspecified atom stereocenters. The lowest BCUT2D eigenvalue weighted by Crippen LogP contribution is -2.34. The largest absolute Gasteiger partial charge is 0.395 e. The molecule has 1 saturated heterocycles. The molecule has 1 aromatic carbocycles. The van der Waals surface area contributed by atoms with E-state index in [1.807, 2.05) is 25.2 Å². The Labute approximate surface area is 118 Å². The fourth-order valence-corrected chi connectivity index (χ4v) is 2.96. The number of likely N-dealkylation sites (tertiary alicyclic amines) is 1. The van der Waals surface area contributed by atoms with Gasteiger partial charge in [-0.3, -0.25) is 4.90 Å². The maximum Gasteiger partial charge on any atom is 0.168 e. The van der Waals surface area contributed by atoms with Crippen LogP contribution >= 0.6 is 0 Å². The van der Waals surface area contributed by atoms with Gasteiger partial charge in [-0.15, -0.1) is 5.10 Å². The quantitative estimate of drug-likeness (QED) is 0.897. The Morgan fingerprint density at radius 3 is 2.70 bits per heavy atom. The van der Waals surface area contributed by atoms with Crippen molar-refractivity contribution in [2.75, 3.05) is 6.61 Å². The highest BCUT2D eigenvalue weighted by Gasteiger charge is 2.36. The number of tetrazole rings is 1. The third-order valence-corrected chi connectivity index (χ3v) is 4.01. The number of aromatic nitrogens is 4. The molecule has 2 atom stereocenters. The number of aliphatic hydroxyl groups excluding tert-OH is 1. The molecule has 1 aliphatic heterocycles. The number of aryl methyl sites for hydroxylation is 1. The summed E-state index contributed by atoms with van der Waals surface area (Å²) < 4.78 is 1.72. The number of nitrogens with zero attached hydrogens (tertiary/aromatic N) is 5. The molecule has 0 amide bonds. The molecule has 0 radical (unpaired) electrons. The van der Waals surface area contributed by atoms with Crippen molar-refractivity contribution in [2.45, 2.75) is 31.5 Å². The minimum Gasteiger partial charge on any atom is -0.395 e. The second-order valence-electron chi connectivity index (χ2n) is 5.25. The Bertz CT molecular complexity index is 556. The van der Waals surface area contributed by atoms with Crippen LogP contribution in [0.5, 0.6) is 0 Å². The topological polar surface area (TPSA) is 67.1 Å². The van der Waals surface area contributed by atoms with Gasteiger partial charge < -0.3 is 5.11 Å². The summed E-state index contributed by atoms with van der Waals surface area (Å²) in [6.07, 6.45) is 1.95. The van der Waals surface area contributed by atoms with E-state index < -0.39 is 0 Å². The van der Waals surface area contributed by atoms with Gasteiger partial charge in [-0.25, -0.2) is 4.68 Å². The summed E-state index contributed by atoms with van der Waals surface area (Å²) >= 11 is 0. The predicted molar refractivity (Wildman–Crippen MR) is 73.6 cm³/mol. The average Bonchev–Trinajstić information content (AvgIpc) is 3.06. The molecule has 0 saturated carbocycles. The van der Waals surface area contributed by atoms with E-state index in [-0.39, 0.29) is 18.7 Å². The molecular weight excluding hydrogens is 254 g/mol. The number of rotatable bonds is 4. The third kappa shape index (κ3) is 2.44. The van der Waals surface area contributed by atoms with E-state index in [1.54, 1.807) is 4.68 Å². The summed E-state index contributed by atoms with van der Waals surface area (Å²) in [5.74, 6) is 0.872. The van der Waals surface area contributed by atoms with Gasteiger partial charge in [-0.2, -0.15) is 0 Å². The summed E-state index contributed by atoms with van der Waals surface area (Å²) in [7, 11) is 1.86. The predicted octanol–water partition coefficient (Wildman–Crippen LogP) is 0.908. The van der Waals surface area contributed by atoms with Crippen molar-refractivity contribution in [1.82, 2.24) is 25.1 Å². The highest BCUT2D eigenvalue weighted by molar-refractivity contribution is 5.15. The summed E-state index contributed by atoms with van der Waals surface area (Å²) in [4.78, 5) is 2.31. The molecule has 0 aliphatic carbocycles. The van der Waals surface area contributed by atoms with Gasteiger partial charge in [0.15, 0.2) is 5.82 Å². The van der Waals surface area contributed by atoms with Crippen LogP contribution in [0, 0.1) is 0 Å². The summed E-state index contributed by atoms with van der Waals surface area (Å²) in [5.41, 5.74) is 1.24. The zero-order chi connectivity index (χ0) is 13.9. The van der Waals surface area contributed by atoms with Gasteiger partial charge >= 0.3 is 0 Å². The molecule has 20 heavy (non-hydrogen) atoms. The maximum atomic E-state index is 9.60. The highest BCUT2D eigenvalue weighted by Crippen LogP contribution is 2.35. The smallest absolute Gasteiger partial charge is 0.168 e. The molecule has 0 bridgehead atoms. The highest BCUT2D eigenvalue weighted by atomic mass is 16.3. The van der Waals surface area contributed by atoms with E-state index in [2.05, 4.69) is 32.6 Å². The van der Waals surface area contributed by atoms with E-state index >= 15 is 0 Å². The van der Waals surface area contributed by atoms with Crippen molar-refractivity contribution in [2.24, 2.45) is 7.05 Å². The fourth-order valence-electron chi connectivity index (χ4n) is 2.96. The van der Waals surface area contributed by atoms with Gasteiger partial charge in [0.25, 0.3) is 0 Å². The SMILES string of the molecule is Cn1nnnc1[C@@H]1CC[C@@H](CO)N1Cc1ccccc1. The molecule has 2 aromatic rings. The van der Waals surface area contributed by atoms with Gasteiger partial charge in [0, 0.05) is 19.6 Å². The zero-order valence-corrected chi connectivity index (χ0v) is 11.6. The first-order valence-electron chi connectivity index (χ1n) is 6.92. The van der Waals surface area contributed by atoms with Gasteiger partial charge in [0.2, 0.25) is 0 Å². The molecule has 6 nitrogen and oxygen atoms in total. The second kappa shape index (κ2) is 5.68. The molecule has 1 aliphatic rings. The molecule has 1 fully saturated rings. The Morgan fingerprint density at radius 2 is 2.05 bits per heavy atom. The molecule has 106 valence electrons. The van der Waals surface area contributed by atoms with Crippen molar-refractivity contribution in [1.29, 1.82) is 0 Å². The van der Waals surface area contributed by atoms with E-state index in [9.17, 15) is 5.11 Å². The van der Waals surface area contributed by atoms with Gasteiger partial charge in [-0.05, 0) is 28.8 Å². The van der Waals surface area contributed by atoms with Gasteiger partial charge in [-0.1, -0.05) is 30.3 Å². The molecular formula is C14H19N5O. The van der Waals surface area contributed by atoms with Crippen LogP contribution in [0.2, 0.25) is 0 Å². The average molecular weight is 273 g/mol. The monoisotopic (exact) mass is 273 g/mol. The van der Waals surface area contributed by atoms with E-state index in [1.165, 1.54) is 5.56 Å². The minimum absolute atomic E-state index is 0.173. The lowest BCUT2D eigenvalue weighted by atomic mass is 10.1. The molecule has 6 heteroatoms. The van der Waals surface area contributed by atoms with Crippen LogP contribution in [0.4, 0.5) is 0 Å². The van der Waals surface area contributed by atoms with Crippen LogP contribution in [0.15, 0.2) is 30.3 Å². The first-order valence-corrected chi connectivity index (χ1v) is 6.92. The Hall–Kier alpha value is -1.79. The van der Waals surface area contributed by atoms with Crippen molar-refractivity contribution in [3.63, 3.8) is 0 Å². The number of aliphatic hydroxyl groups is 1. The summed E-state index contributed by atoms with van der Waals surface area (Å²) in [5, 5.41) is 21.4. The van der Waals surface area contributed by atoms with Crippen molar-refractivity contribution in [3.8, 4) is 0 Å². The van der Waals surface area contributed by atoms with E-state index in [0.29, 0.717) is 0 Å². The minimum atomic E-state index is 0.173. The first kappa shape index (κ1) is 13.2. The lowest BCUT2D eigenvalue weighted by molar-refractivity contribution is 0.117. The summed E-state index contributed by atoms with van der Waals surface area (Å²) in [6, 6.07) is 10.7. The van der Waals surface area contributed by atoms with Crippen LogP contribution in [0.25, 0.3) is 0 Å². The van der Waals surface area contributed by atoms with Crippen LogP contribution < -0.4 is 0 Å². The Kier molecular flexibility index (Phi) is 3.75. The van der Waals surface area contributed by atoms with Crippen LogP contribution in [-0.4, -0.2) is 42.9 Å². The van der Waals surface area contributed by atoms with Crippen molar-refractivity contribution in [3.05, 3.63) is 41.7 Å². The van der Waals surface area contributed by atoms with E-state index in [4.69, 9.17) is 0 Å². The number of hydrogen-bond donors (Lipinski definition) is 1. The fraction of sp³-hybridized carbons (Fsp3) is 0.500.